The van der Waals surface area contributed by atoms with Crippen molar-refractivity contribution in [2.45, 2.75) is 18.2 Å². The topological polar surface area (TPSA) is 49.9 Å². The van der Waals surface area contributed by atoms with Crippen LogP contribution in [0.25, 0.3) is 0 Å². The maximum absolute atomic E-state index is 12.8. The van der Waals surface area contributed by atoms with Gasteiger partial charge in [-0.3, -0.25) is 4.90 Å². The summed E-state index contributed by atoms with van der Waals surface area (Å²) in [4.78, 5) is 2.63. The number of rotatable bonds is 7. The van der Waals surface area contributed by atoms with Crippen molar-refractivity contribution in [3.8, 4) is 5.75 Å². The van der Waals surface area contributed by atoms with E-state index in [4.69, 9.17) is 4.74 Å². The van der Waals surface area contributed by atoms with E-state index in [0.717, 1.165) is 37.4 Å². The number of ether oxygens (including phenoxy) is 1. The molecule has 0 atom stereocenters. The lowest BCUT2D eigenvalue weighted by Gasteiger charge is -2.33. The Labute approximate surface area is 156 Å². The Morgan fingerprint density at radius 1 is 0.923 bits per heavy atom. The molecular weight excluding hydrogens is 348 g/mol. The molecule has 1 fully saturated rings. The summed E-state index contributed by atoms with van der Waals surface area (Å²) in [5.41, 5.74) is 1.15. The van der Waals surface area contributed by atoms with E-state index in [0.29, 0.717) is 24.6 Å². The van der Waals surface area contributed by atoms with E-state index < -0.39 is 10.0 Å². The third kappa shape index (κ3) is 4.63. The van der Waals surface area contributed by atoms with Crippen molar-refractivity contribution in [1.82, 2.24) is 9.21 Å². The highest BCUT2D eigenvalue weighted by Crippen LogP contribution is 2.18. The molecule has 0 saturated carbocycles. The van der Waals surface area contributed by atoms with Crippen LogP contribution in [0.4, 0.5) is 0 Å². The van der Waals surface area contributed by atoms with Crippen molar-refractivity contribution in [3.05, 3.63) is 60.2 Å². The highest BCUT2D eigenvalue weighted by atomic mass is 32.2. The molecule has 0 aliphatic carbocycles. The maximum atomic E-state index is 12.8. The Morgan fingerprint density at radius 2 is 1.58 bits per heavy atom. The largest absolute Gasteiger partial charge is 0.492 e. The van der Waals surface area contributed by atoms with Crippen LogP contribution in [0.1, 0.15) is 12.5 Å². The molecular formula is C20H26N2O3S. The number of nitrogens with zero attached hydrogens (tertiary/aromatic N) is 2. The first kappa shape index (κ1) is 18.9. The normalized spacial score (nSPS) is 16.5. The molecule has 3 rings (SSSR count). The number of benzene rings is 2. The highest BCUT2D eigenvalue weighted by Gasteiger charge is 2.28. The number of para-hydroxylation sites is 1. The first-order valence-electron chi connectivity index (χ1n) is 9.09. The van der Waals surface area contributed by atoms with Crippen LogP contribution >= 0.6 is 0 Å². The molecule has 0 bridgehead atoms. The Balaban J connectivity index is 1.49. The SMILES string of the molecule is CCc1ccc(S(=O)(=O)N2CCN(CCOc3ccccc3)CC2)cc1. The van der Waals surface area contributed by atoms with Crippen LogP contribution in [-0.2, 0) is 16.4 Å². The lowest BCUT2D eigenvalue weighted by Crippen LogP contribution is -2.49. The van der Waals surface area contributed by atoms with Crippen LogP contribution in [-0.4, -0.2) is 57.0 Å². The van der Waals surface area contributed by atoms with Crippen LogP contribution in [0, 0.1) is 0 Å². The molecule has 140 valence electrons. The lowest BCUT2D eigenvalue weighted by atomic mass is 10.2. The molecule has 1 aliphatic rings. The quantitative estimate of drug-likeness (QED) is 0.748. The zero-order valence-corrected chi connectivity index (χ0v) is 16.0. The summed E-state index contributed by atoms with van der Waals surface area (Å²) in [6.07, 6.45) is 0.907. The second kappa shape index (κ2) is 8.66. The average Bonchev–Trinajstić information content (AvgIpc) is 2.69. The van der Waals surface area contributed by atoms with E-state index in [1.54, 1.807) is 16.4 Å². The maximum Gasteiger partial charge on any atom is 0.243 e. The van der Waals surface area contributed by atoms with Gasteiger partial charge in [0.05, 0.1) is 4.90 Å². The van der Waals surface area contributed by atoms with Gasteiger partial charge >= 0.3 is 0 Å². The molecule has 2 aromatic carbocycles. The molecule has 1 aliphatic heterocycles. The third-order valence-electron chi connectivity index (χ3n) is 4.72. The summed E-state index contributed by atoms with van der Waals surface area (Å²) in [7, 11) is -3.40. The molecule has 26 heavy (non-hydrogen) atoms. The number of piperazine rings is 1. The van der Waals surface area contributed by atoms with Gasteiger partial charge in [0.25, 0.3) is 0 Å². The minimum atomic E-state index is -3.40. The molecule has 0 aromatic heterocycles. The number of hydrogen-bond donors (Lipinski definition) is 0. The fourth-order valence-corrected chi connectivity index (χ4v) is 4.47. The Bertz CT molecular complexity index is 784. The molecule has 0 amide bonds. The second-order valence-electron chi connectivity index (χ2n) is 6.40. The van der Waals surface area contributed by atoms with Crippen LogP contribution in [0.2, 0.25) is 0 Å². The van der Waals surface area contributed by atoms with Crippen LogP contribution in [0.5, 0.6) is 5.75 Å². The Morgan fingerprint density at radius 3 is 2.19 bits per heavy atom. The van der Waals surface area contributed by atoms with Gasteiger partial charge in [-0.15, -0.1) is 0 Å². The molecule has 0 spiro atoms. The average molecular weight is 375 g/mol. The standard InChI is InChI=1S/C20H26N2O3S/c1-2-18-8-10-20(11-9-18)26(23,24)22-14-12-21(13-15-22)16-17-25-19-6-4-3-5-7-19/h3-11H,2,12-17H2,1H3. The number of hydrogen-bond acceptors (Lipinski definition) is 4. The zero-order valence-electron chi connectivity index (χ0n) is 15.2. The Kier molecular flexibility index (Phi) is 6.29. The molecule has 0 radical (unpaired) electrons. The number of sulfonamides is 1. The molecule has 1 heterocycles. The Hall–Kier alpha value is -1.89. The highest BCUT2D eigenvalue weighted by molar-refractivity contribution is 7.89. The van der Waals surface area contributed by atoms with E-state index >= 15 is 0 Å². The van der Waals surface area contributed by atoms with Crippen LogP contribution < -0.4 is 4.74 Å². The fourth-order valence-electron chi connectivity index (χ4n) is 3.05. The minimum Gasteiger partial charge on any atom is -0.492 e. The second-order valence-corrected chi connectivity index (χ2v) is 8.34. The van der Waals surface area contributed by atoms with Gasteiger partial charge in [-0.25, -0.2) is 8.42 Å². The van der Waals surface area contributed by atoms with Crippen LogP contribution in [0.15, 0.2) is 59.5 Å². The summed E-state index contributed by atoms with van der Waals surface area (Å²) in [5, 5.41) is 0. The van der Waals surface area contributed by atoms with Gasteiger partial charge < -0.3 is 4.74 Å². The summed E-state index contributed by atoms with van der Waals surface area (Å²) >= 11 is 0. The van der Waals surface area contributed by atoms with Crippen molar-refractivity contribution in [2.75, 3.05) is 39.3 Å². The van der Waals surface area contributed by atoms with Gasteiger partial charge in [0, 0.05) is 32.7 Å². The van der Waals surface area contributed by atoms with Crippen molar-refractivity contribution < 1.29 is 13.2 Å². The molecule has 5 nitrogen and oxygen atoms in total. The van der Waals surface area contributed by atoms with Gasteiger partial charge in [-0.05, 0) is 36.2 Å². The summed E-state index contributed by atoms with van der Waals surface area (Å²) < 4.78 is 32.9. The summed E-state index contributed by atoms with van der Waals surface area (Å²) in [5.74, 6) is 0.865. The molecule has 0 N–H and O–H groups in total. The number of aryl methyl sites for hydroxylation is 1. The van der Waals surface area contributed by atoms with Gasteiger partial charge in [-0.1, -0.05) is 37.3 Å². The predicted molar refractivity (Wildman–Crippen MR) is 103 cm³/mol. The van der Waals surface area contributed by atoms with Crippen molar-refractivity contribution in [3.63, 3.8) is 0 Å². The van der Waals surface area contributed by atoms with Crippen molar-refractivity contribution in [1.29, 1.82) is 0 Å². The lowest BCUT2D eigenvalue weighted by molar-refractivity contribution is 0.159. The van der Waals surface area contributed by atoms with Crippen LogP contribution in [0.3, 0.4) is 0 Å². The summed E-state index contributed by atoms with van der Waals surface area (Å²) in [6.45, 7) is 5.95. The van der Waals surface area contributed by atoms with E-state index in [-0.39, 0.29) is 0 Å². The first-order chi connectivity index (χ1) is 12.6. The monoisotopic (exact) mass is 374 g/mol. The minimum absolute atomic E-state index is 0.385. The van der Waals surface area contributed by atoms with Gasteiger partial charge in [0.1, 0.15) is 12.4 Å². The molecule has 0 unspecified atom stereocenters. The zero-order chi connectivity index (χ0) is 18.4. The third-order valence-corrected chi connectivity index (χ3v) is 6.63. The first-order valence-corrected chi connectivity index (χ1v) is 10.5. The van der Waals surface area contributed by atoms with E-state index in [1.807, 2.05) is 42.5 Å². The van der Waals surface area contributed by atoms with Gasteiger partial charge in [0.2, 0.25) is 10.0 Å². The molecule has 6 heteroatoms. The van der Waals surface area contributed by atoms with Gasteiger partial charge in [0.15, 0.2) is 0 Å². The van der Waals surface area contributed by atoms with E-state index in [2.05, 4.69) is 11.8 Å². The van der Waals surface area contributed by atoms with E-state index in [9.17, 15) is 8.42 Å². The fraction of sp³-hybridized carbons (Fsp3) is 0.400. The van der Waals surface area contributed by atoms with Crippen molar-refractivity contribution >= 4 is 10.0 Å². The van der Waals surface area contributed by atoms with Gasteiger partial charge in [-0.2, -0.15) is 4.31 Å². The predicted octanol–water partition coefficient (Wildman–Crippen LogP) is 2.63. The van der Waals surface area contributed by atoms with E-state index in [1.165, 1.54) is 0 Å². The van der Waals surface area contributed by atoms with Crippen molar-refractivity contribution in [2.24, 2.45) is 0 Å². The summed E-state index contributed by atoms with van der Waals surface area (Å²) in [6, 6.07) is 17.0. The molecule has 1 saturated heterocycles. The molecule has 2 aromatic rings. The smallest absolute Gasteiger partial charge is 0.243 e.